The standard InChI is InChI=1S/C19H24N2O3S/c1-23-11-5-10-21(19(22)15-8-9-15)12-16-14-25-18(20-16)13-24-17-6-3-2-4-7-17/h2-4,6-7,14-15H,5,8-13H2,1H3. The number of carbonyl (C=O) groups is 1. The van der Waals surface area contributed by atoms with Gasteiger partial charge >= 0.3 is 0 Å². The smallest absolute Gasteiger partial charge is 0.226 e. The highest BCUT2D eigenvalue weighted by Gasteiger charge is 2.33. The van der Waals surface area contributed by atoms with Gasteiger partial charge in [-0.1, -0.05) is 18.2 Å². The van der Waals surface area contributed by atoms with Crippen molar-refractivity contribution < 1.29 is 14.3 Å². The summed E-state index contributed by atoms with van der Waals surface area (Å²) in [5.41, 5.74) is 0.933. The quantitative estimate of drug-likeness (QED) is 0.609. The van der Waals surface area contributed by atoms with Crippen molar-refractivity contribution >= 4 is 17.2 Å². The van der Waals surface area contributed by atoms with Crippen LogP contribution >= 0.6 is 11.3 Å². The minimum absolute atomic E-state index is 0.224. The lowest BCUT2D eigenvalue weighted by Gasteiger charge is -2.21. The highest BCUT2D eigenvalue weighted by Crippen LogP contribution is 2.31. The van der Waals surface area contributed by atoms with Gasteiger partial charge in [-0.2, -0.15) is 0 Å². The maximum Gasteiger partial charge on any atom is 0.226 e. The average molecular weight is 360 g/mol. The molecule has 1 aromatic carbocycles. The van der Waals surface area contributed by atoms with Gasteiger partial charge in [0, 0.05) is 31.6 Å². The fourth-order valence-electron chi connectivity index (χ4n) is 2.60. The lowest BCUT2D eigenvalue weighted by Crippen LogP contribution is -2.33. The number of para-hydroxylation sites is 1. The number of nitrogens with zero attached hydrogens (tertiary/aromatic N) is 2. The Morgan fingerprint density at radius 2 is 2.12 bits per heavy atom. The van der Waals surface area contributed by atoms with E-state index in [-0.39, 0.29) is 11.8 Å². The number of ether oxygens (including phenoxy) is 2. The fraction of sp³-hybridized carbons (Fsp3) is 0.474. The van der Waals surface area contributed by atoms with E-state index in [9.17, 15) is 4.79 Å². The fourth-order valence-corrected chi connectivity index (χ4v) is 3.30. The summed E-state index contributed by atoms with van der Waals surface area (Å²) in [4.78, 5) is 19.0. The Kier molecular flexibility index (Phi) is 6.42. The predicted molar refractivity (Wildman–Crippen MR) is 97.5 cm³/mol. The predicted octanol–water partition coefficient (Wildman–Crippen LogP) is 3.50. The molecule has 25 heavy (non-hydrogen) atoms. The number of carbonyl (C=O) groups excluding carboxylic acids is 1. The first-order valence-electron chi connectivity index (χ1n) is 8.65. The van der Waals surface area contributed by atoms with Gasteiger partial charge in [-0.25, -0.2) is 4.98 Å². The minimum atomic E-state index is 0.224. The van der Waals surface area contributed by atoms with E-state index in [4.69, 9.17) is 9.47 Å². The minimum Gasteiger partial charge on any atom is -0.486 e. The van der Waals surface area contributed by atoms with Crippen molar-refractivity contribution in [1.82, 2.24) is 9.88 Å². The van der Waals surface area contributed by atoms with E-state index in [2.05, 4.69) is 4.98 Å². The van der Waals surface area contributed by atoms with Crippen molar-refractivity contribution in [2.75, 3.05) is 20.3 Å². The highest BCUT2D eigenvalue weighted by atomic mass is 32.1. The summed E-state index contributed by atoms with van der Waals surface area (Å²) < 4.78 is 10.8. The molecule has 5 nitrogen and oxygen atoms in total. The first-order valence-corrected chi connectivity index (χ1v) is 9.53. The normalized spacial score (nSPS) is 13.6. The van der Waals surface area contributed by atoms with E-state index in [1.807, 2.05) is 40.6 Å². The molecule has 1 aliphatic rings. The topological polar surface area (TPSA) is 51.7 Å². The lowest BCUT2D eigenvalue weighted by molar-refractivity contribution is -0.133. The lowest BCUT2D eigenvalue weighted by atomic mass is 10.3. The number of aromatic nitrogens is 1. The van der Waals surface area contributed by atoms with Crippen LogP contribution in [0.2, 0.25) is 0 Å². The Morgan fingerprint density at radius 1 is 1.32 bits per heavy atom. The van der Waals surface area contributed by atoms with E-state index in [0.29, 0.717) is 19.8 Å². The summed E-state index contributed by atoms with van der Waals surface area (Å²) in [5, 5.41) is 2.95. The number of benzene rings is 1. The van der Waals surface area contributed by atoms with Crippen LogP contribution in [0, 0.1) is 5.92 Å². The van der Waals surface area contributed by atoms with Crippen LogP contribution in [0.1, 0.15) is 30.0 Å². The van der Waals surface area contributed by atoms with E-state index in [1.165, 1.54) is 0 Å². The average Bonchev–Trinajstić information content (AvgIpc) is 3.40. The monoisotopic (exact) mass is 360 g/mol. The zero-order chi connectivity index (χ0) is 17.5. The van der Waals surface area contributed by atoms with E-state index >= 15 is 0 Å². The molecule has 0 aliphatic heterocycles. The zero-order valence-electron chi connectivity index (χ0n) is 14.5. The van der Waals surface area contributed by atoms with Gasteiger partial charge in [0.1, 0.15) is 17.4 Å². The van der Waals surface area contributed by atoms with Gasteiger partial charge in [0.2, 0.25) is 5.91 Å². The summed E-state index contributed by atoms with van der Waals surface area (Å²) in [6.07, 6.45) is 2.89. The SMILES string of the molecule is COCCCN(Cc1csc(COc2ccccc2)n1)C(=O)C1CC1. The Morgan fingerprint density at radius 3 is 2.84 bits per heavy atom. The molecular weight excluding hydrogens is 336 g/mol. The summed E-state index contributed by atoms with van der Waals surface area (Å²) in [5.74, 6) is 1.32. The molecule has 0 bridgehead atoms. The molecule has 0 spiro atoms. The Bertz CT molecular complexity index is 670. The van der Waals surface area contributed by atoms with Crippen LogP contribution in [0.15, 0.2) is 35.7 Å². The van der Waals surface area contributed by atoms with Crippen LogP contribution < -0.4 is 4.74 Å². The Labute approximate surface area is 152 Å². The molecule has 0 unspecified atom stereocenters. The van der Waals surface area contributed by atoms with E-state index in [0.717, 1.165) is 42.3 Å². The van der Waals surface area contributed by atoms with Gasteiger partial charge in [0.05, 0.1) is 12.2 Å². The number of amides is 1. The van der Waals surface area contributed by atoms with Crippen LogP contribution in [-0.4, -0.2) is 36.1 Å². The number of rotatable bonds is 10. The van der Waals surface area contributed by atoms with Gasteiger partial charge in [-0.3, -0.25) is 4.79 Å². The second kappa shape index (κ2) is 8.97. The number of hydrogen-bond acceptors (Lipinski definition) is 5. The van der Waals surface area contributed by atoms with Gasteiger partial charge < -0.3 is 14.4 Å². The molecule has 1 fully saturated rings. The number of thiazole rings is 1. The molecule has 1 saturated carbocycles. The van der Waals surface area contributed by atoms with Crippen molar-refractivity contribution in [3.05, 3.63) is 46.4 Å². The molecule has 1 aromatic heterocycles. The van der Waals surface area contributed by atoms with Crippen molar-refractivity contribution in [3.8, 4) is 5.75 Å². The Hall–Kier alpha value is -1.92. The van der Waals surface area contributed by atoms with Crippen molar-refractivity contribution in [2.24, 2.45) is 5.92 Å². The molecule has 6 heteroatoms. The Balaban J connectivity index is 1.54. The second-order valence-corrected chi connectivity index (χ2v) is 7.16. The highest BCUT2D eigenvalue weighted by molar-refractivity contribution is 7.09. The third-order valence-electron chi connectivity index (χ3n) is 4.07. The molecule has 3 rings (SSSR count). The first kappa shape index (κ1) is 17.9. The molecule has 1 aliphatic carbocycles. The zero-order valence-corrected chi connectivity index (χ0v) is 15.3. The van der Waals surface area contributed by atoms with Gasteiger partial charge in [-0.15, -0.1) is 11.3 Å². The number of hydrogen-bond donors (Lipinski definition) is 0. The van der Waals surface area contributed by atoms with Crippen LogP contribution in [0.5, 0.6) is 5.75 Å². The second-order valence-electron chi connectivity index (χ2n) is 6.21. The first-order chi connectivity index (χ1) is 12.3. The molecule has 0 saturated heterocycles. The molecule has 1 heterocycles. The molecule has 0 radical (unpaired) electrons. The third-order valence-corrected chi connectivity index (χ3v) is 4.94. The van der Waals surface area contributed by atoms with Crippen molar-refractivity contribution in [1.29, 1.82) is 0 Å². The molecule has 2 aromatic rings. The maximum absolute atomic E-state index is 12.5. The van der Waals surface area contributed by atoms with Crippen LogP contribution in [0.25, 0.3) is 0 Å². The van der Waals surface area contributed by atoms with E-state index in [1.54, 1.807) is 18.4 Å². The molecule has 0 atom stereocenters. The summed E-state index contributed by atoms with van der Waals surface area (Å²) >= 11 is 1.58. The van der Waals surface area contributed by atoms with Crippen LogP contribution in [0.4, 0.5) is 0 Å². The summed E-state index contributed by atoms with van der Waals surface area (Å²) in [7, 11) is 1.69. The van der Waals surface area contributed by atoms with Gasteiger partial charge in [-0.05, 0) is 31.4 Å². The van der Waals surface area contributed by atoms with Gasteiger partial charge in [0.25, 0.3) is 0 Å². The van der Waals surface area contributed by atoms with Gasteiger partial charge in [0.15, 0.2) is 0 Å². The van der Waals surface area contributed by atoms with Crippen LogP contribution in [0.3, 0.4) is 0 Å². The molecule has 134 valence electrons. The molecule has 1 amide bonds. The molecular formula is C19H24N2O3S. The van der Waals surface area contributed by atoms with Crippen molar-refractivity contribution in [2.45, 2.75) is 32.4 Å². The molecule has 0 N–H and O–H groups in total. The maximum atomic E-state index is 12.5. The van der Waals surface area contributed by atoms with Crippen LogP contribution in [-0.2, 0) is 22.7 Å². The largest absolute Gasteiger partial charge is 0.486 e. The van der Waals surface area contributed by atoms with E-state index < -0.39 is 0 Å². The van der Waals surface area contributed by atoms with Crippen molar-refractivity contribution in [3.63, 3.8) is 0 Å². The third kappa shape index (κ3) is 5.54. The summed E-state index contributed by atoms with van der Waals surface area (Å²) in [6, 6.07) is 9.72. The summed E-state index contributed by atoms with van der Waals surface area (Å²) in [6.45, 7) is 2.41. The number of methoxy groups -OCH3 is 1.